The van der Waals surface area contributed by atoms with Gasteiger partial charge in [-0.25, -0.2) is 4.79 Å². The maximum absolute atomic E-state index is 10.2. The fourth-order valence-electron chi connectivity index (χ4n) is 0.525. The maximum Gasteiger partial charge on any atom is 0.330 e. The van der Waals surface area contributed by atoms with Crippen molar-refractivity contribution in [2.75, 3.05) is 5.88 Å². The van der Waals surface area contributed by atoms with Gasteiger partial charge in [-0.3, -0.25) is 0 Å². The second-order valence-corrected chi connectivity index (χ2v) is 2.56. The molecule has 1 unspecified atom stereocenters. The van der Waals surface area contributed by atoms with E-state index in [4.69, 9.17) is 21.8 Å². The predicted molar refractivity (Wildman–Crippen MR) is 42.7 cm³/mol. The first-order valence-corrected chi connectivity index (χ1v) is 3.76. The standard InChI is InChI=1S/C7H11ClO3/c1-5(7(10)11)2-3-6(9)4-8/h6,9H,1-4H2,(H,10,11). The van der Waals surface area contributed by atoms with E-state index in [2.05, 4.69) is 6.58 Å². The fourth-order valence-corrected chi connectivity index (χ4v) is 0.679. The van der Waals surface area contributed by atoms with Crippen LogP contribution in [0.15, 0.2) is 12.2 Å². The zero-order valence-electron chi connectivity index (χ0n) is 6.09. The highest BCUT2D eigenvalue weighted by atomic mass is 35.5. The third-order valence-corrected chi connectivity index (χ3v) is 1.62. The van der Waals surface area contributed by atoms with E-state index in [1.807, 2.05) is 0 Å². The van der Waals surface area contributed by atoms with Crippen molar-refractivity contribution in [1.82, 2.24) is 0 Å². The van der Waals surface area contributed by atoms with Crippen LogP contribution in [-0.4, -0.2) is 28.2 Å². The van der Waals surface area contributed by atoms with E-state index in [9.17, 15) is 4.79 Å². The Hall–Kier alpha value is -0.540. The van der Waals surface area contributed by atoms with Crippen LogP contribution in [0.25, 0.3) is 0 Å². The zero-order valence-corrected chi connectivity index (χ0v) is 6.84. The molecule has 0 amide bonds. The minimum atomic E-state index is -1.02. The summed E-state index contributed by atoms with van der Waals surface area (Å²) >= 11 is 5.29. The van der Waals surface area contributed by atoms with Gasteiger partial charge in [0, 0.05) is 11.5 Å². The molecule has 0 fully saturated rings. The number of aliphatic carboxylic acids is 1. The van der Waals surface area contributed by atoms with Crippen LogP contribution in [0.3, 0.4) is 0 Å². The van der Waals surface area contributed by atoms with Crippen LogP contribution >= 0.6 is 11.6 Å². The molecule has 0 heterocycles. The Morgan fingerprint density at radius 2 is 2.18 bits per heavy atom. The van der Waals surface area contributed by atoms with Gasteiger partial charge in [-0.1, -0.05) is 6.58 Å². The lowest BCUT2D eigenvalue weighted by molar-refractivity contribution is -0.132. The molecule has 0 saturated heterocycles. The molecule has 0 spiro atoms. The largest absolute Gasteiger partial charge is 0.478 e. The molecule has 1 atom stereocenters. The van der Waals surface area contributed by atoms with Crippen molar-refractivity contribution in [3.05, 3.63) is 12.2 Å². The summed E-state index contributed by atoms with van der Waals surface area (Å²) in [4.78, 5) is 10.2. The quantitative estimate of drug-likeness (QED) is 0.488. The summed E-state index contributed by atoms with van der Waals surface area (Å²) in [6.07, 6.45) is 0.00506. The molecule has 0 aromatic heterocycles. The molecule has 0 aliphatic rings. The van der Waals surface area contributed by atoms with E-state index < -0.39 is 12.1 Å². The summed E-state index contributed by atoms with van der Waals surface area (Å²) in [5, 5.41) is 17.3. The molecule has 0 radical (unpaired) electrons. The van der Waals surface area contributed by atoms with Crippen LogP contribution in [0, 0.1) is 0 Å². The lowest BCUT2D eigenvalue weighted by atomic mass is 10.1. The first-order valence-electron chi connectivity index (χ1n) is 3.23. The summed E-state index contributed by atoms with van der Waals surface area (Å²) in [5.74, 6) is -0.890. The summed E-state index contributed by atoms with van der Waals surface area (Å²) in [7, 11) is 0. The van der Waals surface area contributed by atoms with Crippen LogP contribution in [-0.2, 0) is 4.79 Å². The van der Waals surface area contributed by atoms with E-state index in [-0.39, 0.29) is 17.9 Å². The van der Waals surface area contributed by atoms with E-state index in [0.717, 1.165) is 0 Å². The monoisotopic (exact) mass is 178 g/mol. The van der Waals surface area contributed by atoms with Gasteiger partial charge in [-0.2, -0.15) is 0 Å². The number of alkyl halides is 1. The molecule has 4 heteroatoms. The van der Waals surface area contributed by atoms with Gasteiger partial charge in [0.2, 0.25) is 0 Å². The SMILES string of the molecule is C=C(CCC(O)CCl)C(=O)O. The highest BCUT2D eigenvalue weighted by Gasteiger charge is 2.07. The number of hydrogen-bond donors (Lipinski definition) is 2. The van der Waals surface area contributed by atoms with Crippen molar-refractivity contribution >= 4 is 17.6 Å². The highest BCUT2D eigenvalue weighted by Crippen LogP contribution is 2.06. The molecule has 0 saturated carbocycles. The first-order chi connectivity index (χ1) is 5.07. The van der Waals surface area contributed by atoms with Crippen molar-refractivity contribution < 1.29 is 15.0 Å². The molecule has 0 aromatic rings. The molecular formula is C7H11ClO3. The van der Waals surface area contributed by atoms with Gasteiger partial charge in [0.25, 0.3) is 0 Å². The van der Waals surface area contributed by atoms with Crippen LogP contribution in [0.5, 0.6) is 0 Å². The number of carbonyl (C=O) groups is 1. The lowest BCUT2D eigenvalue weighted by Crippen LogP contribution is -2.10. The van der Waals surface area contributed by atoms with Crippen molar-refractivity contribution in [3.63, 3.8) is 0 Å². The van der Waals surface area contributed by atoms with Crippen LogP contribution < -0.4 is 0 Å². The van der Waals surface area contributed by atoms with E-state index in [1.54, 1.807) is 0 Å². The van der Waals surface area contributed by atoms with Crippen molar-refractivity contribution in [3.8, 4) is 0 Å². The van der Waals surface area contributed by atoms with Crippen LogP contribution in [0.4, 0.5) is 0 Å². The predicted octanol–water partition coefficient (Wildman–Crippen LogP) is 1.01. The molecule has 2 N–H and O–H groups in total. The van der Waals surface area contributed by atoms with Gasteiger partial charge in [0.05, 0.1) is 6.10 Å². The van der Waals surface area contributed by atoms with Crippen LogP contribution in [0.1, 0.15) is 12.8 Å². The van der Waals surface area contributed by atoms with Crippen LogP contribution in [0.2, 0.25) is 0 Å². The lowest BCUT2D eigenvalue weighted by Gasteiger charge is -2.04. The second kappa shape index (κ2) is 5.16. The topological polar surface area (TPSA) is 57.5 Å². The third-order valence-electron chi connectivity index (χ3n) is 1.26. The minimum Gasteiger partial charge on any atom is -0.478 e. The maximum atomic E-state index is 10.2. The molecule has 0 rings (SSSR count). The summed E-state index contributed by atoms with van der Waals surface area (Å²) in [5.41, 5.74) is 0.106. The molecule has 11 heavy (non-hydrogen) atoms. The van der Waals surface area contributed by atoms with Gasteiger partial charge in [0.15, 0.2) is 0 Å². The molecule has 0 bridgehead atoms. The molecule has 3 nitrogen and oxygen atoms in total. The Labute approximate surface area is 70.3 Å². The molecule has 0 aromatic carbocycles. The van der Waals surface area contributed by atoms with Crippen molar-refractivity contribution in [1.29, 1.82) is 0 Å². The van der Waals surface area contributed by atoms with Gasteiger partial charge < -0.3 is 10.2 Å². The number of aliphatic hydroxyl groups is 1. The van der Waals surface area contributed by atoms with Gasteiger partial charge in [0.1, 0.15) is 0 Å². The first kappa shape index (κ1) is 10.5. The second-order valence-electron chi connectivity index (χ2n) is 2.26. The molecular weight excluding hydrogens is 168 g/mol. The van der Waals surface area contributed by atoms with Gasteiger partial charge in [-0.05, 0) is 12.8 Å². The average Bonchev–Trinajstić information content (AvgIpc) is 1.99. The average molecular weight is 179 g/mol. The summed E-state index contributed by atoms with van der Waals surface area (Å²) in [6.45, 7) is 3.31. The molecule has 0 aliphatic heterocycles. The Morgan fingerprint density at radius 3 is 2.55 bits per heavy atom. The Bertz CT molecular complexity index is 156. The normalized spacial score (nSPS) is 12.5. The third kappa shape index (κ3) is 4.81. The zero-order chi connectivity index (χ0) is 8.85. The van der Waals surface area contributed by atoms with Gasteiger partial charge in [-0.15, -0.1) is 11.6 Å². The van der Waals surface area contributed by atoms with E-state index in [0.29, 0.717) is 6.42 Å². The Morgan fingerprint density at radius 1 is 1.64 bits per heavy atom. The van der Waals surface area contributed by atoms with Crippen molar-refractivity contribution in [2.45, 2.75) is 18.9 Å². The number of rotatable bonds is 5. The number of carboxylic acid groups (broad SMARTS) is 1. The number of halogens is 1. The Kier molecular flexibility index (Phi) is 4.90. The van der Waals surface area contributed by atoms with Gasteiger partial charge >= 0.3 is 5.97 Å². The van der Waals surface area contributed by atoms with E-state index in [1.165, 1.54) is 0 Å². The summed E-state index contributed by atoms with van der Waals surface area (Å²) < 4.78 is 0. The number of hydrogen-bond acceptors (Lipinski definition) is 2. The Balaban J connectivity index is 3.54. The fraction of sp³-hybridized carbons (Fsp3) is 0.571. The van der Waals surface area contributed by atoms with E-state index >= 15 is 0 Å². The molecule has 0 aliphatic carbocycles. The smallest absolute Gasteiger partial charge is 0.330 e. The molecule has 64 valence electrons. The minimum absolute atomic E-state index is 0.106. The summed E-state index contributed by atoms with van der Waals surface area (Å²) in [6, 6.07) is 0. The number of aliphatic hydroxyl groups excluding tert-OH is 1. The number of carboxylic acids is 1. The highest BCUT2D eigenvalue weighted by molar-refractivity contribution is 6.18. The van der Waals surface area contributed by atoms with Crippen molar-refractivity contribution in [2.24, 2.45) is 0 Å².